The first kappa shape index (κ1) is 16.5. The van der Waals surface area contributed by atoms with Crippen molar-refractivity contribution < 1.29 is 19.1 Å². The lowest BCUT2D eigenvalue weighted by Gasteiger charge is -2.19. The second-order valence-corrected chi connectivity index (χ2v) is 6.21. The molecule has 1 aromatic rings. The molecule has 20 heavy (non-hydrogen) atoms. The van der Waals surface area contributed by atoms with E-state index >= 15 is 0 Å². The third kappa shape index (κ3) is 5.61. The van der Waals surface area contributed by atoms with E-state index in [0.29, 0.717) is 17.8 Å². The summed E-state index contributed by atoms with van der Waals surface area (Å²) in [4.78, 5) is 23.6. The van der Waals surface area contributed by atoms with Gasteiger partial charge in [-0.1, -0.05) is 0 Å². The molecule has 0 aromatic carbocycles. The van der Waals surface area contributed by atoms with Gasteiger partial charge in [0.2, 0.25) is 0 Å². The van der Waals surface area contributed by atoms with E-state index in [2.05, 4.69) is 5.32 Å². The van der Waals surface area contributed by atoms with Crippen LogP contribution in [0.2, 0.25) is 0 Å². The van der Waals surface area contributed by atoms with Crippen molar-refractivity contribution in [3.05, 3.63) is 21.9 Å². The number of amides is 1. The van der Waals surface area contributed by atoms with Crippen LogP contribution in [0.25, 0.3) is 0 Å². The summed E-state index contributed by atoms with van der Waals surface area (Å²) in [6.07, 6.45) is 1.03. The van der Waals surface area contributed by atoms with Crippen LogP contribution in [0, 0.1) is 0 Å². The maximum atomic E-state index is 11.5. The summed E-state index contributed by atoms with van der Waals surface area (Å²) < 4.78 is 9.85. The molecule has 0 fully saturated rings. The highest BCUT2D eigenvalue weighted by Crippen LogP contribution is 2.19. The van der Waals surface area contributed by atoms with Crippen LogP contribution in [0.1, 0.15) is 42.4 Å². The van der Waals surface area contributed by atoms with Crippen LogP contribution in [-0.2, 0) is 15.9 Å². The lowest BCUT2D eigenvalue weighted by atomic mass is 10.1. The first-order valence-electron chi connectivity index (χ1n) is 6.45. The summed E-state index contributed by atoms with van der Waals surface area (Å²) in [7, 11) is 1.37. The molecule has 1 N–H and O–H groups in total. The van der Waals surface area contributed by atoms with E-state index < -0.39 is 11.7 Å². The fraction of sp³-hybridized carbons (Fsp3) is 0.571. The van der Waals surface area contributed by atoms with E-state index in [0.717, 1.165) is 12.0 Å². The van der Waals surface area contributed by atoms with Crippen molar-refractivity contribution in [1.82, 2.24) is 5.32 Å². The van der Waals surface area contributed by atoms with E-state index in [-0.39, 0.29) is 5.97 Å². The Morgan fingerprint density at radius 3 is 2.65 bits per heavy atom. The summed E-state index contributed by atoms with van der Waals surface area (Å²) in [5, 5.41) is 4.55. The Bertz CT molecular complexity index is 462. The third-order valence-corrected chi connectivity index (χ3v) is 3.35. The first-order chi connectivity index (χ1) is 9.33. The highest BCUT2D eigenvalue weighted by molar-refractivity contribution is 7.12. The van der Waals surface area contributed by atoms with Gasteiger partial charge in [-0.15, -0.1) is 11.3 Å². The molecule has 0 radical (unpaired) electrons. The fourth-order valence-electron chi connectivity index (χ4n) is 1.59. The van der Waals surface area contributed by atoms with E-state index in [1.165, 1.54) is 18.4 Å². The molecular weight excluding hydrogens is 278 g/mol. The predicted octanol–water partition coefficient (Wildman–Crippen LogP) is 2.99. The average molecular weight is 299 g/mol. The third-order valence-electron chi connectivity index (χ3n) is 2.41. The quantitative estimate of drug-likeness (QED) is 0.670. The molecule has 6 heteroatoms. The van der Waals surface area contributed by atoms with Crippen molar-refractivity contribution in [2.24, 2.45) is 0 Å². The molecule has 0 aliphatic rings. The topological polar surface area (TPSA) is 64.6 Å². The highest BCUT2D eigenvalue weighted by Gasteiger charge is 2.16. The number of carbonyl (C=O) groups excluding carboxylic acids is 2. The van der Waals surface area contributed by atoms with Crippen molar-refractivity contribution in [2.45, 2.75) is 39.2 Å². The first-order valence-corrected chi connectivity index (χ1v) is 7.33. The molecule has 0 unspecified atom stereocenters. The van der Waals surface area contributed by atoms with Crippen LogP contribution in [0.15, 0.2) is 11.4 Å². The molecular formula is C14H21NO4S. The predicted molar refractivity (Wildman–Crippen MR) is 78.2 cm³/mol. The molecule has 0 spiro atoms. The second kappa shape index (κ2) is 7.28. The molecule has 0 saturated carbocycles. The Morgan fingerprint density at radius 2 is 2.05 bits per heavy atom. The smallest absolute Gasteiger partial charge is 0.407 e. The zero-order valence-electron chi connectivity index (χ0n) is 12.3. The van der Waals surface area contributed by atoms with Gasteiger partial charge in [-0.25, -0.2) is 9.59 Å². The zero-order chi connectivity index (χ0) is 15.2. The van der Waals surface area contributed by atoms with E-state index in [4.69, 9.17) is 9.47 Å². The Morgan fingerprint density at radius 1 is 1.35 bits per heavy atom. The monoisotopic (exact) mass is 299 g/mol. The van der Waals surface area contributed by atoms with Crippen molar-refractivity contribution >= 4 is 23.4 Å². The summed E-state index contributed by atoms with van der Waals surface area (Å²) >= 11 is 1.37. The maximum Gasteiger partial charge on any atom is 0.407 e. The van der Waals surface area contributed by atoms with E-state index in [9.17, 15) is 9.59 Å². The largest absolute Gasteiger partial charge is 0.465 e. The number of hydrogen-bond acceptors (Lipinski definition) is 5. The van der Waals surface area contributed by atoms with Crippen molar-refractivity contribution in [3.8, 4) is 0 Å². The number of thiophene rings is 1. The number of alkyl carbamates (subject to hydrolysis) is 1. The Hall–Kier alpha value is -1.56. The summed E-state index contributed by atoms with van der Waals surface area (Å²) in [5.41, 5.74) is 0.461. The molecule has 0 bridgehead atoms. The van der Waals surface area contributed by atoms with Crippen LogP contribution >= 0.6 is 11.3 Å². The molecule has 112 valence electrons. The highest BCUT2D eigenvalue weighted by atomic mass is 32.1. The minimum atomic E-state index is -0.491. The number of esters is 1. The van der Waals surface area contributed by atoms with Gasteiger partial charge in [0, 0.05) is 6.54 Å². The number of methoxy groups -OCH3 is 1. The van der Waals surface area contributed by atoms with Crippen LogP contribution in [0.5, 0.6) is 0 Å². The molecule has 0 atom stereocenters. The van der Waals surface area contributed by atoms with Gasteiger partial charge >= 0.3 is 12.1 Å². The van der Waals surface area contributed by atoms with Crippen LogP contribution in [-0.4, -0.2) is 31.3 Å². The standard InChI is InChI=1S/C14H21NO4S/c1-14(2,3)19-13(17)15-8-5-6-10-7-9-20-11(10)12(16)18-4/h7,9H,5-6,8H2,1-4H3,(H,15,17). The normalized spacial score (nSPS) is 11.0. The van der Waals surface area contributed by atoms with Crippen molar-refractivity contribution in [3.63, 3.8) is 0 Å². The van der Waals surface area contributed by atoms with Gasteiger partial charge in [-0.2, -0.15) is 0 Å². The number of carbonyl (C=O) groups is 2. The number of nitrogens with one attached hydrogen (secondary N) is 1. The van der Waals surface area contributed by atoms with Crippen molar-refractivity contribution in [1.29, 1.82) is 0 Å². The number of ether oxygens (including phenoxy) is 2. The lowest BCUT2D eigenvalue weighted by Crippen LogP contribution is -2.33. The molecule has 1 aromatic heterocycles. The Kier molecular flexibility index (Phi) is 6.01. The van der Waals surface area contributed by atoms with E-state index in [1.807, 2.05) is 32.2 Å². The minimum Gasteiger partial charge on any atom is -0.465 e. The molecule has 0 aliphatic carbocycles. The minimum absolute atomic E-state index is 0.310. The Labute approximate surface area is 123 Å². The Balaban J connectivity index is 2.33. The lowest BCUT2D eigenvalue weighted by molar-refractivity contribution is 0.0525. The van der Waals surface area contributed by atoms with Crippen LogP contribution in [0.4, 0.5) is 4.79 Å². The second-order valence-electron chi connectivity index (χ2n) is 5.30. The molecule has 1 heterocycles. The zero-order valence-corrected chi connectivity index (χ0v) is 13.1. The number of rotatable bonds is 5. The molecule has 1 amide bonds. The van der Waals surface area contributed by atoms with E-state index in [1.54, 1.807) is 0 Å². The molecule has 0 aliphatic heterocycles. The van der Waals surface area contributed by atoms with Gasteiger partial charge in [0.1, 0.15) is 10.5 Å². The number of aryl methyl sites for hydroxylation is 1. The van der Waals surface area contributed by atoms with Gasteiger partial charge in [0.25, 0.3) is 0 Å². The maximum absolute atomic E-state index is 11.5. The summed E-state index contributed by atoms with van der Waals surface area (Å²) in [5.74, 6) is -0.310. The average Bonchev–Trinajstić information content (AvgIpc) is 2.79. The SMILES string of the molecule is COC(=O)c1sccc1CCCNC(=O)OC(C)(C)C. The van der Waals surface area contributed by atoms with Crippen LogP contribution < -0.4 is 5.32 Å². The van der Waals surface area contributed by atoms with Crippen LogP contribution in [0.3, 0.4) is 0 Å². The summed E-state index contributed by atoms with van der Waals surface area (Å²) in [6.45, 7) is 5.97. The van der Waals surface area contributed by atoms with Crippen molar-refractivity contribution in [2.75, 3.05) is 13.7 Å². The van der Waals surface area contributed by atoms with Gasteiger partial charge < -0.3 is 14.8 Å². The van der Waals surface area contributed by atoms with Gasteiger partial charge in [0.15, 0.2) is 0 Å². The fourth-order valence-corrected chi connectivity index (χ4v) is 2.46. The molecule has 1 rings (SSSR count). The summed E-state index contributed by atoms with van der Waals surface area (Å²) in [6, 6.07) is 1.91. The molecule has 0 saturated heterocycles. The van der Waals surface area contributed by atoms with Gasteiger partial charge in [-0.05, 0) is 50.6 Å². The van der Waals surface area contributed by atoms with Gasteiger partial charge in [0.05, 0.1) is 7.11 Å². The van der Waals surface area contributed by atoms with Gasteiger partial charge in [-0.3, -0.25) is 0 Å². The molecule has 5 nitrogen and oxygen atoms in total. The number of hydrogen-bond donors (Lipinski definition) is 1.